The molecule has 0 unspecified atom stereocenters. The predicted octanol–water partition coefficient (Wildman–Crippen LogP) is 1.22. The maximum atomic E-state index is 11.4. The SMILES string of the molecule is CC(C)(C)CN1CCC(=O)CC1=O. The number of rotatable bonds is 1. The minimum atomic E-state index is -0.00817. The van der Waals surface area contributed by atoms with Gasteiger partial charge in [0.25, 0.3) is 0 Å². The molecule has 1 aliphatic rings. The van der Waals surface area contributed by atoms with E-state index in [1.165, 1.54) is 0 Å². The number of ketones is 1. The molecule has 0 radical (unpaired) electrons. The van der Waals surface area contributed by atoms with Crippen LogP contribution in [-0.2, 0) is 9.59 Å². The van der Waals surface area contributed by atoms with E-state index in [0.717, 1.165) is 6.54 Å². The van der Waals surface area contributed by atoms with Gasteiger partial charge in [0, 0.05) is 19.5 Å². The lowest BCUT2D eigenvalue weighted by atomic mass is 9.94. The second-order valence-corrected chi connectivity index (χ2v) is 4.84. The molecule has 0 aromatic rings. The minimum Gasteiger partial charge on any atom is -0.341 e. The van der Waals surface area contributed by atoms with Gasteiger partial charge in [0.05, 0.1) is 6.42 Å². The highest BCUT2D eigenvalue weighted by atomic mass is 16.2. The fourth-order valence-electron chi connectivity index (χ4n) is 1.49. The van der Waals surface area contributed by atoms with Crippen molar-refractivity contribution in [3.05, 3.63) is 0 Å². The standard InChI is InChI=1S/C10H17NO2/c1-10(2,3)7-11-5-4-8(12)6-9(11)13/h4-7H2,1-3H3. The monoisotopic (exact) mass is 183 g/mol. The zero-order valence-corrected chi connectivity index (χ0v) is 8.59. The highest BCUT2D eigenvalue weighted by molar-refractivity contribution is 6.00. The molecule has 0 aromatic carbocycles. The van der Waals surface area contributed by atoms with Gasteiger partial charge in [-0.1, -0.05) is 20.8 Å². The molecule has 0 bridgehead atoms. The molecule has 13 heavy (non-hydrogen) atoms. The average molecular weight is 183 g/mol. The fourth-order valence-corrected chi connectivity index (χ4v) is 1.49. The Balaban J connectivity index is 2.52. The van der Waals surface area contributed by atoms with Crippen molar-refractivity contribution in [2.75, 3.05) is 13.1 Å². The van der Waals surface area contributed by atoms with E-state index < -0.39 is 0 Å². The molecule has 0 spiro atoms. The molecule has 1 fully saturated rings. The molecular formula is C10H17NO2. The summed E-state index contributed by atoms with van der Waals surface area (Å²) in [5.74, 6) is 0.0707. The normalized spacial score (nSPS) is 19.5. The molecule has 1 rings (SSSR count). The number of carbonyl (C=O) groups is 2. The van der Waals surface area contributed by atoms with E-state index in [2.05, 4.69) is 20.8 Å². The molecule has 0 atom stereocenters. The van der Waals surface area contributed by atoms with Gasteiger partial charge in [-0.3, -0.25) is 9.59 Å². The lowest BCUT2D eigenvalue weighted by molar-refractivity contribution is -0.140. The van der Waals surface area contributed by atoms with Gasteiger partial charge >= 0.3 is 0 Å². The quantitative estimate of drug-likeness (QED) is 0.573. The Morgan fingerprint density at radius 2 is 1.92 bits per heavy atom. The smallest absolute Gasteiger partial charge is 0.230 e. The minimum absolute atomic E-state index is 0.00817. The lowest BCUT2D eigenvalue weighted by Gasteiger charge is -2.32. The van der Waals surface area contributed by atoms with E-state index in [4.69, 9.17) is 0 Å². The fraction of sp³-hybridized carbons (Fsp3) is 0.800. The van der Waals surface area contributed by atoms with Gasteiger partial charge in [0.1, 0.15) is 5.78 Å². The number of hydrogen-bond acceptors (Lipinski definition) is 2. The van der Waals surface area contributed by atoms with Crippen LogP contribution < -0.4 is 0 Å². The first-order valence-corrected chi connectivity index (χ1v) is 4.68. The Morgan fingerprint density at radius 1 is 1.31 bits per heavy atom. The van der Waals surface area contributed by atoms with Gasteiger partial charge in [0.15, 0.2) is 0 Å². The number of Topliss-reactive ketones (excluding diaryl/α,β-unsaturated/α-hetero) is 1. The summed E-state index contributed by atoms with van der Waals surface area (Å²) in [7, 11) is 0. The summed E-state index contributed by atoms with van der Waals surface area (Å²) in [5.41, 5.74) is 0.121. The first-order chi connectivity index (χ1) is 5.88. The van der Waals surface area contributed by atoms with Crippen molar-refractivity contribution in [1.82, 2.24) is 4.90 Å². The molecule has 3 nitrogen and oxygen atoms in total. The van der Waals surface area contributed by atoms with Crippen molar-refractivity contribution in [2.45, 2.75) is 33.6 Å². The first-order valence-electron chi connectivity index (χ1n) is 4.68. The second kappa shape index (κ2) is 3.48. The van der Waals surface area contributed by atoms with Gasteiger partial charge in [-0.25, -0.2) is 0 Å². The summed E-state index contributed by atoms with van der Waals surface area (Å²) < 4.78 is 0. The van der Waals surface area contributed by atoms with Crippen LogP contribution in [-0.4, -0.2) is 29.7 Å². The molecule has 1 aliphatic heterocycles. The highest BCUT2D eigenvalue weighted by Crippen LogP contribution is 2.18. The maximum Gasteiger partial charge on any atom is 0.230 e. The summed E-state index contributed by atoms with van der Waals surface area (Å²) in [4.78, 5) is 24.1. The third-order valence-electron chi connectivity index (χ3n) is 2.03. The number of likely N-dealkylation sites (tertiary alicyclic amines) is 1. The van der Waals surface area contributed by atoms with Crippen molar-refractivity contribution >= 4 is 11.7 Å². The van der Waals surface area contributed by atoms with Crippen LogP contribution in [0.15, 0.2) is 0 Å². The molecule has 0 saturated carbocycles. The van der Waals surface area contributed by atoms with Gasteiger partial charge in [-0.05, 0) is 5.41 Å². The average Bonchev–Trinajstić information content (AvgIpc) is 1.93. The molecule has 1 saturated heterocycles. The van der Waals surface area contributed by atoms with Gasteiger partial charge in [-0.2, -0.15) is 0 Å². The molecule has 1 heterocycles. The van der Waals surface area contributed by atoms with Crippen LogP contribution in [0.1, 0.15) is 33.6 Å². The summed E-state index contributed by atoms with van der Waals surface area (Å²) >= 11 is 0. The van der Waals surface area contributed by atoms with Crippen LogP contribution in [0.2, 0.25) is 0 Å². The molecular weight excluding hydrogens is 166 g/mol. The summed E-state index contributed by atoms with van der Waals surface area (Å²) in [6, 6.07) is 0. The number of hydrogen-bond donors (Lipinski definition) is 0. The van der Waals surface area contributed by atoms with Crippen molar-refractivity contribution in [3.8, 4) is 0 Å². The molecule has 0 aromatic heterocycles. The lowest BCUT2D eigenvalue weighted by Crippen LogP contribution is -2.43. The van der Waals surface area contributed by atoms with Gasteiger partial charge in [-0.15, -0.1) is 0 Å². The Morgan fingerprint density at radius 3 is 2.38 bits per heavy atom. The van der Waals surface area contributed by atoms with Crippen molar-refractivity contribution in [3.63, 3.8) is 0 Å². The number of amides is 1. The predicted molar refractivity (Wildman–Crippen MR) is 50.3 cm³/mol. The first kappa shape index (κ1) is 10.2. The molecule has 1 amide bonds. The van der Waals surface area contributed by atoms with Crippen LogP contribution in [0.5, 0.6) is 0 Å². The topological polar surface area (TPSA) is 37.4 Å². The summed E-state index contributed by atoms with van der Waals surface area (Å²) in [5, 5.41) is 0. The van der Waals surface area contributed by atoms with E-state index in [-0.39, 0.29) is 23.5 Å². The third kappa shape index (κ3) is 3.17. The Labute approximate surface area is 79.1 Å². The van der Waals surface area contributed by atoms with Crippen molar-refractivity contribution in [1.29, 1.82) is 0 Å². The summed E-state index contributed by atoms with van der Waals surface area (Å²) in [6.45, 7) is 7.64. The van der Waals surface area contributed by atoms with Crippen LogP contribution in [0.25, 0.3) is 0 Å². The zero-order valence-electron chi connectivity index (χ0n) is 8.59. The van der Waals surface area contributed by atoms with E-state index >= 15 is 0 Å². The second-order valence-electron chi connectivity index (χ2n) is 4.84. The molecule has 0 aliphatic carbocycles. The van der Waals surface area contributed by atoms with Crippen molar-refractivity contribution < 1.29 is 9.59 Å². The van der Waals surface area contributed by atoms with E-state index in [9.17, 15) is 9.59 Å². The van der Waals surface area contributed by atoms with E-state index in [0.29, 0.717) is 13.0 Å². The van der Waals surface area contributed by atoms with Crippen molar-refractivity contribution in [2.24, 2.45) is 5.41 Å². The molecule has 0 N–H and O–H groups in total. The maximum absolute atomic E-state index is 11.4. The number of piperidine rings is 1. The molecule has 74 valence electrons. The van der Waals surface area contributed by atoms with Crippen LogP contribution in [0, 0.1) is 5.41 Å². The van der Waals surface area contributed by atoms with E-state index in [1.807, 2.05) is 0 Å². The van der Waals surface area contributed by atoms with E-state index in [1.54, 1.807) is 4.90 Å². The number of nitrogens with zero attached hydrogens (tertiary/aromatic N) is 1. The molecule has 3 heteroatoms. The number of carbonyl (C=O) groups excluding carboxylic acids is 2. The Kier molecular flexibility index (Phi) is 2.74. The third-order valence-corrected chi connectivity index (χ3v) is 2.03. The zero-order chi connectivity index (χ0) is 10.1. The summed E-state index contributed by atoms with van der Waals surface area (Å²) in [6.07, 6.45) is 0.637. The van der Waals surface area contributed by atoms with Gasteiger partial charge in [0.2, 0.25) is 5.91 Å². The van der Waals surface area contributed by atoms with Gasteiger partial charge < -0.3 is 4.90 Å². The van der Waals surface area contributed by atoms with Crippen LogP contribution >= 0.6 is 0 Å². The highest BCUT2D eigenvalue weighted by Gasteiger charge is 2.26. The largest absolute Gasteiger partial charge is 0.341 e. The Bertz CT molecular complexity index is 228. The van der Waals surface area contributed by atoms with Crippen LogP contribution in [0.3, 0.4) is 0 Å². The van der Waals surface area contributed by atoms with Crippen LogP contribution in [0.4, 0.5) is 0 Å². The Hall–Kier alpha value is -0.860.